The lowest BCUT2D eigenvalue weighted by atomic mass is 10.1. The van der Waals surface area contributed by atoms with Gasteiger partial charge in [0.15, 0.2) is 17.6 Å². The van der Waals surface area contributed by atoms with Gasteiger partial charge in [-0.1, -0.05) is 18.2 Å². The SMILES string of the molecule is CCOCc1c(C(=O)NC[C@@H](c2ccco2)[NH+]2CCCC2)oc2ccccc12. The maximum Gasteiger partial charge on any atom is 0.287 e. The van der Waals surface area contributed by atoms with Crippen molar-refractivity contribution in [3.05, 3.63) is 59.7 Å². The highest BCUT2D eigenvalue weighted by Gasteiger charge is 2.30. The molecule has 3 aromatic rings. The maximum atomic E-state index is 13.0. The van der Waals surface area contributed by atoms with Gasteiger partial charge in [0.05, 0.1) is 32.5 Å². The zero-order chi connectivity index (χ0) is 19.3. The number of para-hydroxylation sites is 1. The lowest BCUT2D eigenvalue weighted by Gasteiger charge is -2.23. The number of rotatable bonds is 8. The Balaban J connectivity index is 1.54. The van der Waals surface area contributed by atoms with E-state index in [9.17, 15) is 4.79 Å². The van der Waals surface area contributed by atoms with Crippen LogP contribution in [0.5, 0.6) is 0 Å². The van der Waals surface area contributed by atoms with Crippen LogP contribution in [0.2, 0.25) is 0 Å². The fraction of sp³-hybridized carbons (Fsp3) is 0.409. The summed E-state index contributed by atoms with van der Waals surface area (Å²) in [5.41, 5.74) is 1.51. The van der Waals surface area contributed by atoms with Crippen molar-refractivity contribution >= 4 is 16.9 Å². The first-order valence-electron chi connectivity index (χ1n) is 10.0. The second-order valence-electron chi connectivity index (χ2n) is 7.19. The van der Waals surface area contributed by atoms with Crippen molar-refractivity contribution in [2.45, 2.75) is 32.4 Å². The molecule has 0 spiro atoms. The van der Waals surface area contributed by atoms with Crippen molar-refractivity contribution in [1.82, 2.24) is 5.32 Å². The number of hydrogen-bond acceptors (Lipinski definition) is 4. The summed E-state index contributed by atoms with van der Waals surface area (Å²) < 4.78 is 17.1. The molecule has 1 saturated heterocycles. The number of benzene rings is 1. The van der Waals surface area contributed by atoms with Crippen LogP contribution in [0.1, 0.15) is 47.7 Å². The van der Waals surface area contributed by atoms with Crippen molar-refractivity contribution < 1.29 is 23.3 Å². The van der Waals surface area contributed by atoms with Crippen LogP contribution in [0, 0.1) is 0 Å². The summed E-state index contributed by atoms with van der Waals surface area (Å²) in [4.78, 5) is 14.4. The summed E-state index contributed by atoms with van der Waals surface area (Å²) in [5, 5.41) is 4.00. The summed E-state index contributed by atoms with van der Waals surface area (Å²) in [7, 11) is 0. The van der Waals surface area contributed by atoms with E-state index in [1.165, 1.54) is 17.7 Å². The van der Waals surface area contributed by atoms with Crippen LogP contribution in [0.3, 0.4) is 0 Å². The van der Waals surface area contributed by atoms with Gasteiger partial charge in [-0.25, -0.2) is 0 Å². The number of furan rings is 2. The molecule has 0 unspecified atom stereocenters. The Labute approximate surface area is 164 Å². The number of hydrogen-bond donors (Lipinski definition) is 2. The van der Waals surface area contributed by atoms with Crippen LogP contribution < -0.4 is 10.2 Å². The van der Waals surface area contributed by atoms with E-state index < -0.39 is 0 Å². The largest absolute Gasteiger partial charge is 0.463 e. The van der Waals surface area contributed by atoms with Gasteiger partial charge in [0, 0.05) is 30.4 Å². The minimum Gasteiger partial charge on any atom is -0.463 e. The summed E-state index contributed by atoms with van der Waals surface area (Å²) in [6, 6.07) is 11.7. The van der Waals surface area contributed by atoms with Crippen molar-refractivity contribution in [2.75, 3.05) is 26.2 Å². The molecule has 2 aromatic heterocycles. The summed E-state index contributed by atoms with van der Waals surface area (Å²) in [5.74, 6) is 1.04. The van der Waals surface area contributed by atoms with Gasteiger partial charge in [-0.15, -0.1) is 0 Å². The van der Waals surface area contributed by atoms with Crippen LogP contribution in [-0.2, 0) is 11.3 Å². The smallest absolute Gasteiger partial charge is 0.287 e. The maximum absolute atomic E-state index is 13.0. The van der Waals surface area contributed by atoms with E-state index in [-0.39, 0.29) is 11.9 Å². The Kier molecular flexibility index (Phi) is 5.78. The molecule has 0 radical (unpaired) electrons. The molecule has 148 valence electrons. The van der Waals surface area contributed by atoms with Gasteiger partial charge < -0.3 is 23.8 Å². The minimum absolute atomic E-state index is 0.112. The Morgan fingerprint density at radius 3 is 2.79 bits per heavy atom. The topological polar surface area (TPSA) is 69.0 Å². The Morgan fingerprint density at radius 1 is 1.21 bits per heavy atom. The Hall–Kier alpha value is -2.57. The van der Waals surface area contributed by atoms with E-state index in [0.717, 1.165) is 29.8 Å². The molecule has 0 saturated carbocycles. The number of fused-ring (bicyclic) bond motifs is 1. The summed E-state index contributed by atoms with van der Waals surface area (Å²) in [6.45, 7) is 5.58. The van der Waals surface area contributed by atoms with E-state index in [2.05, 4.69) is 5.32 Å². The van der Waals surface area contributed by atoms with Crippen LogP contribution >= 0.6 is 0 Å². The molecule has 1 aromatic carbocycles. The van der Waals surface area contributed by atoms with E-state index in [4.69, 9.17) is 13.6 Å². The lowest BCUT2D eigenvalue weighted by molar-refractivity contribution is -0.919. The predicted molar refractivity (Wildman–Crippen MR) is 105 cm³/mol. The zero-order valence-electron chi connectivity index (χ0n) is 16.2. The molecule has 6 nitrogen and oxygen atoms in total. The average molecular weight is 383 g/mol. The summed E-state index contributed by atoms with van der Waals surface area (Å²) in [6.07, 6.45) is 4.12. The van der Waals surface area contributed by atoms with Gasteiger partial charge in [0.25, 0.3) is 5.91 Å². The summed E-state index contributed by atoms with van der Waals surface area (Å²) >= 11 is 0. The number of nitrogens with one attached hydrogen (secondary N) is 2. The van der Waals surface area contributed by atoms with Crippen LogP contribution in [-0.4, -0.2) is 32.1 Å². The third kappa shape index (κ3) is 3.84. The van der Waals surface area contributed by atoms with Crippen molar-refractivity contribution in [3.8, 4) is 0 Å². The zero-order valence-corrected chi connectivity index (χ0v) is 16.2. The minimum atomic E-state index is -0.207. The molecule has 0 aliphatic carbocycles. The number of carbonyl (C=O) groups excluding carboxylic acids is 1. The van der Waals surface area contributed by atoms with E-state index in [0.29, 0.717) is 31.1 Å². The van der Waals surface area contributed by atoms with Gasteiger partial charge in [-0.2, -0.15) is 0 Å². The van der Waals surface area contributed by atoms with Crippen molar-refractivity contribution in [2.24, 2.45) is 0 Å². The standard InChI is InChI=1S/C22H26N2O4/c1-2-26-15-17-16-8-3-4-9-19(16)28-21(17)22(25)23-14-18(20-10-7-13-27-20)24-11-5-6-12-24/h3-4,7-10,13,18H,2,5-6,11-12,14-15H2,1H3,(H,23,25)/p+1/t18-/m0/s1. The molecule has 28 heavy (non-hydrogen) atoms. The van der Waals surface area contributed by atoms with Crippen LogP contribution in [0.25, 0.3) is 11.0 Å². The van der Waals surface area contributed by atoms with Crippen LogP contribution in [0.4, 0.5) is 0 Å². The second-order valence-corrected chi connectivity index (χ2v) is 7.19. The third-order valence-corrected chi connectivity index (χ3v) is 5.45. The van der Waals surface area contributed by atoms with E-state index >= 15 is 0 Å². The lowest BCUT2D eigenvalue weighted by Crippen LogP contribution is -3.11. The average Bonchev–Trinajstić information content (AvgIpc) is 3.47. The highest BCUT2D eigenvalue weighted by Crippen LogP contribution is 2.26. The Bertz CT molecular complexity index is 910. The molecule has 6 heteroatoms. The monoisotopic (exact) mass is 383 g/mol. The molecular formula is C22H27N2O4+. The fourth-order valence-electron chi connectivity index (χ4n) is 4.02. The Morgan fingerprint density at radius 2 is 2.04 bits per heavy atom. The van der Waals surface area contributed by atoms with Gasteiger partial charge in [-0.3, -0.25) is 4.79 Å². The number of amides is 1. The third-order valence-electron chi connectivity index (χ3n) is 5.45. The first kappa shape index (κ1) is 18.8. The second kappa shape index (κ2) is 8.63. The van der Waals surface area contributed by atoms with Gasteiger partial charge in [0.2, 0.25) is 0 Å². The molecule has 2 N–H and O–H groups in total. The van der Waals surface area contributed by atoms with Gasteiger partial charge in [0.1, 0.15) is 5.58 Å². The predicted octanol–water partition coefficient (Wildman–Crippen LogP) is 2.71. The highest BCUT2D eigenvalue weighted by molar-refractivity contribution is 5.99. The van der Waals surface area contributed by atoms with Crippen LogP contribution in [0.15, 0.2) is 51.5 Å². The molecule has 3 heterocycles. The number of carbonyl (C=O) groups is 1. The number of likely N-dealkylation sites (tertiary alicyclic amines) is 1. The number of quaternary nitrogens is 1. The molecule has 1 atom stereocenters. The molecule has 4 rings (SSSR count). The quantitative estimate of drug-likeness (QED) is 0.628. The molecule has 1 amide bonds. The normalized spacial score (nSPS) is 15.9. The van der Waals surface area contributed by atoms with Crippen molar-refractivity contribution in [1.29, 1.82) is 0 Å². The highest BCUT2D eigenvalue weighted by atomic mass is 16.5. The van der Waals surface area contributed by atoms with E-state index in [1.807, 2.05) is 43.3 Å². The molecule has 0 bridgehead atoms. The molecule has 1 fully saturated rings. The molecular weight excluding hydrogens is 356 g/mol. The molecule has 1 aliphatic heterocycles. The van der Waals surface area contributed by atoms with E-state index in [1.54, 1.807) is 6.26 Å². The van der Waals surface area contributed by atoms with Crippen molar-refractivity contribution in [3.63, 3.8) is 0 Å². The molecule has 1 aliphatic rings. The first-order chi connectivity index (χ1) is 13.8. The number of ether oxygens (including phenoxy) is 1. The fourth-order valence-corrected chi connectivity index (χ4v) is 4.02. The van der Waals surface area contributed by atoms with Gasteiger partial charge in [-0.05, 0) is 25.1 Å². The first-order valence-corrected chi connectivity index (χ1v) is 10.0. The van der Waals surface area contributed by atoms with Gasteiger partial charge >= 0.3 is 0 Å².